The van der Waals surface area contributed by atoms with E-state index in [4.69, 9.17) is 9.47 Å². The summed E-state index contributed by atoms with van der Waals surface area (Å²) in [5, 5.41) is 17.2. The maximum atomic E-state index is 13.4. The molecule has 0 radical (unpaired) electrons. The summed E-state index contributed by atoms with van der Waals surface area (Å²) < 4.78 is 11.1. The second-order valence-corrected chi connectivity index (χ2v) is 13.7. The molecule has 2 unspecified atom stereocenters. The van der Waals surface area contributed by atoms with E-state index in [0.717, 1.165) is 59.2 Å². The molecule has 276 valence electrons. The average Bonchev–Trinajstić information content (AvgIpc) is 3.58. The van der Waals surface area contributed by atoms with Crippen molar-refractivity contribution in [2.45, 2.75) is 58.9 Å². The molecular formula is C40H50N6O6. The van der Waals surface area contributed by atoms with E-state index >= 15 is 0 Å². The lowest BCUT2D eigenvalue weighted by molar-refractivity contribution is -0.140. The predicted molar refractivity (Wildman–Crippen MR) is 200 cm³/mol. The Morgan fingerprint density at radius 1 is 0.942 bits per heavy atom. The highest BCUT2D eigenvalue weighted by atomic mass is 16.5. The monoisotopic (exact) mass is 710 g/mol. The molecule has 2 atom stereocenters. The predicted octanol–water partition coefficient (Wildman–Crippen LogP) is 4.89. The highest BCUT2D eigenvalue weighted by molar-refractivity contribution is 5.96. The molecule has 0 aliphatic carbocycles. The van der Waals surface area contributed by atoms with Gasteiger partial charge in [-0.05, 0) is 74.1 Å². The second kappa shape index (κ2) is 18.2. The van der Waals surface area contributed by atoms with E-state index in [0.29, 0.717) is 37.4 Å². The van der Waals surface area contributed by atoms with Crippen LogP contribution in [-0.4, -0.2) is 84.7 Å². The van der Waals surface area contributed by atoms with Crippen molar-refractivity contribution >= 4 is 34.5 Å². The number of carbonyl (C=O) groups is 4. The maximum Gasteiger partial charge on any atom is 0.251 e. The molecule has 12 nitrogen and oxygen atoms in total. The van der Waals surface area contributed by atoms with Crippen LogP contribution >= 0.6 is 0 Å². The maximum absolute atomic E-state index is 13.4. The number of nitrogens with zero attached hydrogens (tertiary/aromatic N) is 2. The van der Waals surface area contributed by atoms with Gasteiger partial charge in [-0.3, -0.25) is 24.3 Å². The lowest BCUT2D eigenvalue weighted by atomic mass is 9.95. The number of nitrogens with one attached hydrogen (secondary N) is 4. The largest absolute Gasteiger partial charge is 0.497 e. The first-order valence-corrected chi connectivity index (χ1v) is 18.1. The van der Waals surface area contributed by atoms with Gasteiger partial charge in [0.25, 0.3) is 5.91 Å². The quantitative estimate of drug-likeness (QED) is 0.114. The van der Waals surface area contributed by atoms with Gasteiger partial charge in [-0.2, -0.15) is 5.10 Å². The summed E-state index contributed by atoms with van der Waals surface area (Å²) in [5.74, 6) is 0.186. The molecule has 1 aromatic heterocycles. The molecule has 0 bridgehead atoms. The molecule has 2 heterocycles. The van der Waals surface area contributed by atoms with Crippen LogP contribution in [0.3, 0.4) is 0 Å². The van der Waals surface area contributed by atoms with E-state index in [2.05, 4.69) is 26.1 Å². The SMILES string of the molecule is COc1ccc2c(c1)CC(C(=O)NC(C)C(=O)N(CC(=O)NCCCCCCNC(=O)c1ccc(-c3n[nH]c4ccccc34)cc1)CC(C)C)CO2. The number of benzene rings is 3. The summed E-state index contributed by atoms with van der Waals surface area (Å²) in [6.07, 6.45) is 3.88. The molecular weight excluding hydrogens is 660 g/mol. The molecule has 0 spiro atoms. The summed E-state index contributed by atoms with van der Waals surface area (Å²) in [4.78, 5) is 53.5. The topological polar surface area (TPSA) is 155 Å². The van der Waals surface area contributed by atoms with E-state index in [-0.39, 0.29) is 42.7 Å². The van der Waals surface area contributed by atoms with Gasteiger partial charge in [0.15, 0.2) is 0 Å². The fraction of sp³-hybridized carbons (Fsp3) is 0.425. The molecule has 0 saturated carbocycles. The number of hydrogen-bond donors (Lipinski definition) is 4. The van der Waals surface area contributed by atoms with E-state index in [1.165, 1.54) is 4.90 Å². The van der Waals surface area contributed by atoms with Gasteiger partial charge in [0, 0.05) is 36.1 Å². The van der Waals surface area contributed by atoms with Gasteiger partial charge in [0.2, 0.25) is 17.7 Å². The van der Waals surface area contributed by atoms with Gasteiger partial charge >= 0.3 is 0 Å². The summed E-state index contributed by atoms with van der Waals surface area (Å²) in [6, 6.07) is 20.1. The van der Waals surface area contributed by atoms with Crippen LogP contribution in [0.2, 0.25) is 0 Å². The number of hydrogen-bond acceptors (Lipinski definition) is 7. The number of aromatic amines is 1. The summed E-state index contributed by atoms with van der Waals surface area (Å²) >= 11 is 0. The number of ether oxygens (including phenoxy) is 2. The summed E-state index contributed by atoms with van der Waals surface area (Å²) in [7, 11) is 1.59. The van der Waals surface area contributed by atoms with Gasteiger partial charge in [-0.1, -0.05) is 57.0 Å². The number of para-hydroxylation sites is 1. The van der Waals surface area contributed by atoms with Crippen molar-refractivity contribution in [3.05, 3.63) is 77.9 Å². The Bertz CT molecular complexity index is 1840. The minimum Gasteiger partial charge on any atom is -0.497 e. The lowest BCUT2D eigenvalue weighted by Crippen LogP contribution is -2.52. The molecule has 4 amide bonds. The Morgan fingerprint density at radius 2 is 1.67 bits per heavy atom. The van der Waals surface area contributed by atoms with Gasteiger partial charge < -0.3 is 30.3 Å². The van der Waals surface area contributed by atoms with Gasteiger partial charge in [0.05, 0.1) is 30.8 Å². The third kappa shape index (κ3) is 10.1. The second-order valence-electron chi connectivity index (χ2n) is 13.7. The Labute approximate surface area is 305 Å². The van der Waals surface area contributed by atoms with Crippen LogP contribution in [0.25, 0.3) is 22.2 Å². The number of methoxy groups -OCH3 is 1. The number of amides is 4. The average molecular weight is 711 g/mol. The summed E-state index contributed by atoms with van der Waals surface area (Å²) in [5.41, 5.74) is 4.25. The standard InChI is InChI=1S/C40H50N6O6/c1-26(2)23-46(40(50)27(3)43-39(49)31-21-30-22-32(51-4)17-18-35(30)52-25-31)24-36(47)41-19-9-5-6-10-20-42-38(48)29-15-13-28(14-16-29)37-33-11-7-8-12-34(33)44-45-37/h7-8,11-18,22,26-27,31H,5-6,9-10,19-21,23-25H2,1-4H3,(H,41,47)(H,42,48)(H,43,49)(H,44,45). The van der Waals surface area contributed by atoms with Gasteiger partial charge in [0.1, 0.15) is 24.1 Å². The molecule has 4 aromatic rings. The number of carbonyl (C=O) groups excluding carboxylic acids is 4. The van der Waals surface area contributed by atoms with Crippen LogP contribution in [-0.2, 0) is 20.8 Å². The molecule has 0 saturated heterocycles. The first kappa shape index (κ1) is 37.9. The number of unbranched alkanes of at least 4 members (excludes halogenated alkanes) is 3. The van der Waals surface area contributed by atoms with Crippen LogP contribution in [0.1, 0.15) is 62.4 Å². The number of aromatic nitrogens is 2. The zero-order valence-electron chi connectivity index (χ0n) is 30.5. The molecule has 0 fully saturated rings. The molecule has 3 aromatic carbocycles. The van der Waals surface area contributed by atoms with Crippen LogP contribution in [0, 0.1) is 11.8 Å². The van der Waals surface area contributed by atoms with Crippen molar-refractivity contribution in [1.82, 2.24) is 31.0 Å². The first-order valence-electron chi connectivity index (χ1n) is 18.1. The minimum atomic E-state index is -0.798. The van der Waals surface area contributed by atoms with Crippen molar-refractivity contribution in [3.8, 4) is 22.8 Å². The molecule has 1 aliphatic heterocycles. The zero-order chi connectivity index (χ0) is 37.0. The van der Waals surface area contributed by atoms with Crippen molar-refractivity contribution < 1.29 is 28.7 Å². The van der Waals surface area contributed by atoms with Crippen LogP contribution in [0.15, 0.2) is 66.7 Å². The van der Waals surface area contributed by atoms with E-state index < -0.39 is 12.0 Å². The van der Waals surface area contributed by atoms with Crippen LogP contribution in [0.5, 0.6) is 11.5 Å². The van der Waals surface area contributed by atoms with Crippen LogP contribution in [0.4, 0.5) is 0 Å². The Morgan fingerprint density at radius 3 is 2.40 bits per heavy atom. The third-order valence-electron chi connectivity index (χ3n) is 9.11. The fourth-order valence-corrected chi connectivity index (χ4v) is 6.33. The van der Waals surface area contributed by atoms with Gasteiger partial charge in [-0.25, -0.2) is 0 Å². The smallest absolute Gasteiger partial charge is 0.251 e. The summed E-state index contributed by atoms with van der Waals surface area (Å²) in [6.45, 7) is 7.20. The van der Waals surface area contributed by atoms with Crippen molar-refractivity contribution in [3.63, 3.8) is 0 Å². The van der Waals surface area contributed by atoms with Crippen molar-refractivity contribution in [2.75, 3.05) is 39.9 Å². The van der Waals surface area contributed by atoms with E-state index in [9.17, 15) is 19.2 Å². The molecule has 12 heteroatoms. The Kier molecular flexibility index (Phi) is 13.3. The highest BCUT2D eigenvalue weighted by Crippen LogP contribution is 2.31. The zero-order valence-corrected chi connectivity index (χ0v) is 30.5. The third-order valence-corrected chi connectivity index (χ3v) is 9.11. The minimum absolute atomic E-state index is 0.0811. The Balaban J connectivity index is 0.971. The molecule has 1 aliphatic rings. The number of rotatable bonds is 17. The number of fused-ring (bicyclic) bond motifs is 2. The number of H-pyrrole nitrogens is 1. The fourth-order valence-electron chi connectivity index (χ4n) is 6.33. The Hall–Kier alpha value is -5.39. The molecule has 52 heavy (non-hydrogen) atoms. The van der Waals surface area contributed by atoms with E-state index in [1.54, 1.807) is 14.0 Å². The lowest BCUT2D eigenvalue weighted by Gasteiger charge is -2.29. The normalized spacial score (nSPS) is 14.2. The highest BCUT2D eigenvalue weighted by Gasteiger charge is 2.30. The van der Waals surface area contributed by atoms with Crippen molar-refractivity contribution in [2.24, 2.45) is 11.8 Å². The first-order chi connectivity index (χ1) is 25.1. The molecule has 5 rings (SSSR count). The van der Waals surface area contributed by atoms with Crippen molar-refractivity contribution in [1.29, 1.82) is 0 Å². The van der Waals surface area contributed by atoms with Gasteiger partial charge in [-0.15, -0.1) is 0 Å². The molecule has 4 N–H and O–H groups in total. The van der Waals surface area contributed by atoms with E-state index in [1.807, 2.05) is 80.6 Å². The van der Waals surface area contributed by atoms with Crippen LogP contribution < -0.4 is 25.4 Å².